The lowest BCUT2D eigenvalue weighted by atomic mass is 9.91. The largest absolute Gasteiger partial charge is 0.453 e. The van der Waals surface area contributed by atoms with Crippen molar-refractivity contribution in [2.45, 2.75) is 58.5 Å². The van der Waals surface area contributed by atoms with Crippen LogP contribution in [-0.4, -0.2) is 18.5 Å². The number of hydrogen-bond donors (Lipinski definition) is 0. The average Bonchev–Trinajstić information content (AvgIpc) is 3.03. The van der Waals surface area contributed by atoms with Gasteiger partial charge < -0.3 is 9.47 Å². The molecule has 23 heavy (non-hydrogen) atoms. The Hall–Kier alpha value is -1.84. The Morgan fingerprint density at radius 2 is 1.74 bits per heavy atom. The van der Waals surface area contributed by atoms with Crippen LogP contribution in [-0.2, 0) is 24.7 Å². The normalized spacial score (nSPS) is 16.8. The zero-order valence-electron chi connectivity index (χ0n) is 14.3. The molecule has 0 amide bonds. The molecule has 0 unspecified atom stereocenters. The summed E-state index contributed by atoms with van der Waals surface area (Å²) in [5.74, 6) is -0.840. The highest BCUT2D eigenvalue weighted by Gasteiger charge is 2.39. The molecule has 1 aromatic carbocycles. The van der Waals surface area contributed by atoms with Crippen LogP contribution in [0.3, 0.4) is 0 Å². The van der Waals surface area contributed by atoms with E-state index in [1.54, 1.807) is 0 Å². The van der Waals surface area contributed by atoms with Gasteiger partial charge >= 0.3 is 11.9 Å². The van der Waals surface area contributed by atoms with Crippen molar-refractivity contribution in [3.8, 4) is 0 Å². The summed E-state index contributed by atoms with van der Waals surface area (Å²) in [6, 6.07) is 9.83. The zero-order valence-corrected chi connectivity index (χ0v) is 14.3. The Balaban J connectivity index is 1.99. The number of carbonyl (C=O) groups excluding carboxylic acids is 2. The van der Waals surface area contributed by atoms with Crippen LogP contribution in [0.25, 0.3) is 0 Å². The van der Waals surface area contributed by atoms with Crippen LogP contribution < -0.4 is 0 Å². The molecule has 0 bridgehead atoms. The predicted octanol–water partition coefficient (Wildman–Crippen LogP) is 3.98. The van der Waals surface area contributed by atoms with Gasteiger partial charge in [0, 0.05) is 0 Å². The molecule has 0 atom stereocenters. The van der Waals surface area contributed by atoms with Crippen molar-refractivity contribution in [1.82, 2.24) is 0 Å². The molecule has 0 N–H and O–H groups in total. The molecule has 126 valence electrons. The molecule has 2 rings (SSSR count). The summed E-state index contributed by atoms with van der Waals surface area (Å²) in [6.45, 7) is 5.21. The Morgan fingerprint density at radius 1 is 1.13 bits per heavy atom. The first-order chi connectivity index (χ1) is 10.9. The average molecular weight is 318 g/mol. The van der Waals surface area contributed by atoms with E-state index in [9.17, 15) is 9.59 Å². The van der Waals surface area contributed by atoms with Crippen molar-refractivity contribution < 1.29 is 19.1 Å². The van der Waals surface area contributed by atoms with Crippen LogP contribution in [0.4, 0.5) is 0 Å². The first-order valence-corrected chi connectivity index (χ1v) is 8.34. The summed E-state index contributed by atoms with van der Waals surface area (Å²) in [5.41, 5.74) is -0.124. The summed E-state index contributed by atoms with van der Waals surface area (Å²) in [5, 5.41) is 0. The van der Waals surface area contributed by atoms with Crippen molar-refractivity contribution in [3.05, 3.63) is 35.9 Å². The second-order valence-electron chi connectivity index (χ2n) is 6.86. The van der Waals surface area contributed by atoms with Gasteiger partial charge in [0.15, 0.2) is 6.61 Å². The van der Waals surface area contributed by atoms with Crippen molar-refractivity contribution in [3.63, 3.8) is 0 Å². The summed E-state index contributed by atoms with van der Waals surface area (Å²) in [6.07, 6.45) is 4.36. The maximum Gasteiger partial charge on any atom is 0.345 e. The molecule has 4 heteroatoms. The number of esters is 2. The molecule has 0 spiro atoms. The van der Waals surface area contributed by atoms with Crippen LogP contribution >= 0.6 is 0 Å². The topological polar surface area (TPSA) is 52.6 Å². The van der Waals surface area contributed by atoms with E-state index in [1.165, 1.54) is 0 Å². The lowest BCUT2D eigenvalue weighted by molar-refractivity contribution is -0.174. The smallest absolute Gasteiger partial charge is 0.345 e. The summed E-state index contributed by atoms with van der Waals surface area (Å²) < 4.78 is 10.9. The van der Waals surface area contributed by atoms with Gasteiger partial charge in [-0.05, 0) is 51.5 Å². The molecule has 4 nitrogen and oxygen atoms in total. The Morgan fingerprint density at radius 3 is 2.30 bits per heavy atom. The highest BCUT2D eigenvalue weighted by molar-refractivity contribution is 5.80. The highest BCUT2D eigenvalue weighted by Crippen LogP contribution is 2.42. The molecule has 1 aliphatic rings. The van der Waals surface area contributed by atoms with Gasteiger partial charge in [0.25, 0.3) is 0 Å². The van der Waals surface area contributed by atoms with Crippen molar-refractivity contribution in [1.29, 1.82) is 0 Å². The molecule has 0 radical (unpaired) electrons. The van der Waals surface area contributed by atoms with E-state index in [1.807, 2.05) is 51.1 Å². The van der Waals surface area contributed by atoms with Gasteiger partial charge in [-0.15, -0.1) is 0 Å². The van der Waals surface area contributed by atoms with Crippen LogP contribution in [0.15, 0.2) is 30.3 Å². The minimum Gasteiger partial charge on any atom is -0.453 e. The maximum absolute atomic E-state index is 12.2. The van der Waals surface area contributed by atoms with E-state index >= 15 is 0 Å². The van der Waals surface area contributed by atoms with Crippen LogP contribution in [0.5, 0.6) is 0 Å². The highest BCUT2D eigenvalue weighted by atomic mass is 16.6. The van der Waals surface area contributed by atoms with Crippen molar-refractivity contribution in [2.24, 2.45) is 5.41 Å². The van der Waals surface area contributed by atoms with E-state index in [0.29, 0.717) is 6.42 Å². The van der Waals surface area contributed by atoms with Crippen LogP contribution in [0, 0.1) is 5.41 Å². The fraction of sp³-hybridized carbons (Fsp3) is 0.579. The van der Waals surface area contributed by atoms with Gasteiger partial charge in [-0.3, -0.25) is 4.79 Å². The fourth-order valence-corrected chi connectivity index (χ4v) is 2.85. The predicted molar refractivity (Wildman–Crippen MR) is 87.7 cm³/mol. The molecule has 1 aromatic rings. The van der Waals surface area contributed by atoms with E-state index in [2.05, 4.69) is 0 Å². The lowest BCUT2D eigenvalue weighted by Gasteiger charge is -2.30. The Labute approximate surface area is 138 Å². The van der Waals surface area contributed by atoms with Gasteiger partial charge in [-0.2, -0.15) is 0 Å². The third kappa shape index (κ3) is 4.12. The summed E-state index contributed by atoms with van der Waals surface area (Å²) in [4.78, 5) is 24.2. The maximum atomic E-state index is 12.2. The van der Waals surface area contributed by atoms with Gasteiger partial charge in [0.05, 0.1) is 5.41 Å². The van der Waals surface area contributed by atoms with Crippen LogP contribution in [0.2, 0.25) is 0 Å². The molecule has 1 fully saturated rings. The second kappa shape index (κ2) is 7.16. The van der Waals surface area contributed by atoms with E-state index in [0.717, 1.165) is 31.2 Å². The standard InChI is InChI=1S/C19H26O4/c1-4-18(2,3)17(21)22-14-16(20)23-19(12-8-9-13-19)15-10-6-5-7-11-15/h5-7,10-11H,4,8-9,12-14H2,1-3H3. The fourth-order valence-electron chi connectivity index (χ4n) is 2.85. The van der Waals surface area contributed by atoms with Crippen molar-refractivity contribution in [2.75, 3.05) is 6.61 Å². The molecule has 0 heterocycles. The Kier molecular flexibility index (Phi) is 5.45. The van der Waals surface area contributed by atoms with Gasteiger partial charge in [-0.25, -0.2) is 4.79 Å². The van der Waals surface area contributed by atoms with E-state index in [-0.39, 0.29) is 12.6 Å². The molecule has 1 aliphatic carbocycles. The third-order valence-corrected chi connectivity index (χ3v) is 4.78. The first-order valence-electron chi connectivity index (χ1n) is 8.34. The quantitative estimate of drug-likeness (QED) is 0.745. The van der Waals surface area contributed by atoms with E-state index < -0.39 is 17.0 Å². The summed E-state index contributed by atoms with van der Waals surface area (Å²) in [7, 11) is 0. The number of hydrogen-bond acceptors (Lipinski definition) is 4. The third-order valence-electron chi connectivity index (χ3n) is 4.78. The number of benzene rings is 1. The monoisotopic (exact) mass is 318 g/mol. The summed E-state index contributed by atoms with van der Waals surface area (Å²) >= 11 is 0. The number of rotatable bonds is 6. The van der Waals surface area contributed by atoms with Crippen molar-refractivity contribution >= 4 is 11.9 Å². The SMILES string of the molecule is CCC(C)(C)C(=O)OCC(=O)OC1(c2ccccc2)CCCC1. The minimum absolute atomic E-state index is 0.323. The number of carbonyl (C=O) groups is 2. The number of ether oxygens (including phenoxy) is 2. The lowest BCUT2D eigenvalue weighted by Crippen LogP contribution is -2.33. The second-order valence-corrected chi connectivity index (χ2v) is 6.86. The first kappa shape index (κ1) is 17.5. The molecular formula is C19H26O4. The zero-order chi connectivity index (χ0) is 16.9. The molecule has 0 saturated heterocycles. The van der Waals surface area contributed by atoms with Gasteiger partial charge in [0.1, 0.15) is 5.60 Å². The molecular weight excluding hydrogens is 292 g/mol. The van der Waals surface area contributed by atoms with E-state index in [4.69, 9.17) is 9.47 Å². The molecule has 1 saturated carbocycles. The van der Waals surface area contributed by atoms with Gasteiger partial charge in [-0.1, -0.05) is 37.3 Å². The Bertz CT molecular complexity index is 542. The van der Waals surface area contributed by atoms with Crippen LogP contribution in [0.1, 0.15) is 58.4 Å². The molecule has 0 aliphatic heterocycles. The molecule has 0 aromatic heterocycles. The minimum atomic E-state index is -0.579. The van der Waals surface area contributed by atoms with Gasteiger partial charge in [0.2, 0.25) is 0 Å².